The molecule has 0 unspecified atom stereocenters. The van der Waals surface area contributed by atoms with E-state index in [9.17, 15) is 13.2 Å². The molecule has 0 bridgehead atoms. The van der Waals surface area contributed by atoms with Gasteiger partial charge in [0.05, 0.1) is 11.0 Å². The lowest BCUT2D eigenvalue weighted by atomic mass is 10.0. The van der Waals surface area contributed by atoms with Gasteiger partial charge in [-0.15, -0.1) is 0 Å². The second-order valence-corrected chi connectivity index (χ2v) is 8.31. The lowest BCUT2D eigenvalue weighted by molar-refractivity contribution is 0.0613. The van der Waals surface area contributed by atoms with Crippen LogP contribution in [-0.2, 0) is 14.8 Å². The minimum atomic E-state index is -3.74. The van der Waals surface area contributed by atoms with Crippen molar-refractivity contribution in [1.82, 2.24) is 10.2 Å². The van der Waals surface area contributed by atoms with E-state index in [1.807, 2.05) is 0 Å². The number of primary sulfonamides is 1. The Hall–Kier alpha value is -1.48. The molecule has 3 N–H and O–H groups in total. The first-order valence-electron chi connectivity index (χ1n) is 8.69. The van der Waals surface area contributed by atoms with Crippen LogP contribution in [0, 0.1) is 0 Å². The number of benzene rings is 1. The van der Waals surface area contributed by atoms with Crippen LogP contribution >= 0.6 is 0 Å². The molecule has 7 nitrogen and oxygen atoms in total. The molecule has 138 valence electrons. The number of hydrogen-bond donors (Lipinski definition) is 2. The molecule has 2 saturated heterocycles. The molecule has 0 radical (unpaired) electrons. The second kappa shape index (κ2) is 7.82. The Morgan fingerprint density at radius 3 is 2.44 bits per heavy atom. The zero-order valence-corrected chi connectivity index (χ0v) is 15.0. The third-order valence-corrected chi connectivity index (χ3v) is 5.78. The van der Waals surface area contributed by atoms with Crippen molar-refractivity contribution in [2.24, 2.45) is 5.14 Å². The van der Waals surface area contributed by atoms with Gasteiger partial charge in [-0.05, 0) is 49.9 Å². The first-order valence-corrected chi connectivity index (χ1v) is 10.2. The van der Waals surface area contributed by atoms with Gasteiger partial charge in [0.2, 0.25) is 10.0 Å². The Balaban J connectivity index is 1.47. The van der Waals surface area contributed by atoms with Gasteiger partial charge in [0.15, 0.2) is 0 Å². The van der Waals surface area contributed by atoms with Crippen molar-refractivity contribution >= 4 is 15.9 Å². The summed E-state index contributed by atoms with van der Waals surface area (Å²) in [6, 6.07) is 5.83. The molecular formula is C17H25N3O4S. The standard InChI is InChI=1S/C17H25N3O4S/c18-25(22,23)16-5-3-13(4-6-16)17(21)19-14-7-9-20(10-8-14)12-15-2-1-11-24-15/h3-6,14-15H,1-2,7-12H2,(H,19,21)(H2,18,22,23)/t15-/m1/s1. The van der Waals surface area contributed by atoms with Crippen LogP contribution in [-0.4, -0.2) is 57.6 Å². The van der Waals surface area contributed by atoms with E-state index in [1.165, 1.54) is 24.3 Å². The van der Waals surface area contributed by atoms with Crippen molar-refractivity contribution in [1.29, 1.82) is 0 Å². The molecule has 2 heterocycles. The lowest BCUT2D eigenvalue weighted by Gasteiger charge is -2.33. The quantitative estimate of drug-likeness (QED) is 0.798. The van der Waals surface area contributed by atoms with Gasteiger partial charge in [-0.25, -0.2) is 13.6 Å². The Morgan fingerprint density at radius 2 is 1.88 bits per heavy atom. The summed E-state index contributed by atoms with van der Waals surface area (Å²) in [6.07, 6.45) is 4.48. The van der Waals surface area contributed by atoms with E-state index in [0.717, 1.165) is 51.9 Å². The molecule has 3 rings (SSSR count). The SMILES string of the molecule is NS(=O)(=O)c1ccc(C(=O)NC2CCN(C[C@H]3CCCO3)CC2)cc1. The van der Waals surface area contributed by atoms with Crippen LogP contribution in [0.4, 0.5) is 0 Å². The number of nitrogens with two attached hydrogens (primary N) is 1. The molecule has 0 aliphatic carbocycles. The summed E-state index contributed by atoms with van der Waals surface area (Å²) in [7, 11) is -3.74. The zero-order chi connectivity index (χ0) is 17.9. The highest BCUT2D eigenvalue weighted by molar-refractivity contribution is 7.89. The maximum atomic E-state index is 12.3. The summed E-state index contributed by atoms with van der Waals surface area (Å²) in [4.78, 5) is 14.7. The van der Waals surface area contributed by atoms with Crippen molar-refractivity contribution in [2.45, 2.75) is 42.7 Å². The number of likely N-dealkylation sites (tertiary alicyclic amines) is 1. The normalized spacial score (nSPS) is 22.8. The summed E-state index contributed by atoms with van der Waals surface area (Å²) in [5.74, 6) is -0.182. The number of ether oxygens (including phenoxy) is 1. The van der Waals surface area contributed by atoms with Crippen LogP contribution in [0.25, 0.3) is 0 Å². The number of hydrogen-bond acceptors (Lipinski definition) is 5. The van der Waals surface area contributed by atoms with E-state index in [1.54, 1.807) is 0 Å². The predicted octanol–water partition coefficient (Wildman–Crippen LogP) is 0.707. The second-order valence-electron chi connectivity index (χ2n) is 6.75. The van der Waals surface area contributed by atoms with Crippen molar-refractivity contribution in [3.8, 4) is 0 Å². The zero-order valence-electron chi connectivity index (χ0n) is 14.2. The minimum Gasteiger partial charge on any atom is -0.377 e. The number of amides is 1. The number of sulfonamides is 1. The predicted molar refractivity (Wildman–Crippen MR) is 93.7 cm³/mol. The first kappa shape index (κ1) is 18.3. The number of nitrogens with one attached hydrogen (secondary N) is 1. The molecule has 0 aromatic heterocycles. The summed E-state index contributed by atoms with van der Waals surface area (Å²) < 4.78 is 28.2. The molecule has 25 heavy (non-hydrogen) atoms. The van der Waals surface area contributed by atoms with Gasteiger partial charge in [0, 0.05) is 37.8 Å². The fraction of sp³-hybridized carbons (Fsp3) is 0.588. The van der Waals surface area contributed by atoms with Gasteiger partial charge >= 0.3 is 0 Å². The summed E-state index contributed by atoms with van der Waals surface area (Å²) >= 11 is 0. The van der Waals surface area contributed by atoms with E-state index in [4.69, 9.17) is 9.88 Å². The highest BCUT2D eigenvalue weighted by Gasteiger charge is 2.25. The highest BCUT2D eigenvalue weighted by Crippen LogP contribution is 2.17. The van der Waals surface area contributed by atoms with E-state index < -0.39 is 10.0 Å². The van der Waals surface area contributed by atoms with Crippen LogP contribution in [0.15, 0.2) is 29.2 Å². The fourth-order valence-corrected chi connectivity index (χ4v) is 3.92. The van der Waals surface area contributed by atoms with E-state index in [2.05, 4.69) is 10.2 Å². The molecule has 8 heteroatoms. The molecular weight excluding hydrogens is 342 g/mol. The van der Waals surface area contributed by atoms with Gasteiger partial charge in [0.25, 0.3) is 5.91 Å². The smallest absolute Gasteiger partial charge is 0.251 e. The van der Waals surface area contributed by atoms with E-state index in [0.29, 0.717) is 11.7 Å². The van der Waals surface area contributed by atoms with E-state index >= 15 is 0 Å². The molecule has 2 fully saturated rings. The van der Waals surface area contributed by atoms with Gasteiger partial charge < -0.3 is 15.0 Å². The molecule has 2 aliphatic heterocycles. The molecule has 1 aromatic carbocycles. The Morgan fingerprint density at radius 1 is 1.20 bits per heavy atom. The van der Waals surface area contributed by atoms with Crippen LogP contribution in [0.5, 0.6) is 0 Å². The largest absolute Gasteiger partial charge is 0.377 e. The van der Waals surface area contributed by atoms with E-state index in [-0.39, 0.29) is 16.8 Å². The molecule has 2 aliphatic rings. The van der Waals surface area contributed by atoms with Crippen LogP contribution < -0.4 is 10.5 Å². The molecule has 1 amide bonds. The lowest BCUT2D eigenvalue weighted by Crippen LogP contribution is -2.46. The molecule has 1 aromatic rings. The average Bonchev–Trinajstić information content (AvgIpc) is 3.09. The van der Waals surface area contributed by atoms with Crippen molar-refractivity contribution < 1.29 is 17.9 Å². The third kappa shape index (κ3) is 5.01. The van der Waals surface area contributed by atoms with Crippen molar-refractivity contribution in [3.63, 3.8) is 0 Å². The van der Waals surface area contributed by atoms with Crippen LogP contribution in [0.1, 0.15) is 36.0 Å². The van der Waals surface area contributed by atoms with Gasteiger partial charge in [0.1, 0.15) is 0 Å². The first-order chi connectivity index (χ1) is 11.9. The Labute approximate surface area is 148 Å². The monoisotopic (exact) mass is 367 g/mol. The summed E-state index contributed by atoms with van der Waals surface area (Å²) in [5.41, 5.74) is 0.439. The number of rotatable bonds is 5. The summed E-state index contributed by atoms with van der Waals surface area (Å²) in [6.45, 7) is 3.77. The molecule has 1 atom stereocenters. The van der Waals surface area contributed by atoms with Crippen molar-refractivity contribution in [2.75, 3.05) is 26.2 Å². The van der Waals surface area contributed by atoms with Gasteiger partial charge in [-0.1, -0.05) is 0 Å². The maximum Gasteiger partial charge on any atom is 0.251 e. The Kier molecular flexibility index (Phi) is 5.73. The fourth-order valence-electron chi connectivity index (χ4n) is 3.40. The van der Waals surface area contributed by atoms with Gasteiger partial charge in [-0.2, -0.15) is 0 Å². The third-order valence-electron chi connectivity index (χ3n) is 4.85. The Bertz CT molecular complexity index is 691. The highest BCUT2D eigenvalue weighted by atomic mass is 32.2. The van der Waals surface area contributed by atoms with Crippen LogP contribution in [0.3, 0.4) is 0 Å². The topological polar surface area (TPSA) is 102 Å². The number of carbonyl (C=O) groups is 1. The molecule has 0 spiro atoms. The summed E-state index contributed by atoms with van der Waals surface area (Å²) in [5, 5.41) is 8.09. The number of nitrogens with zero attached hydrogens (tertiary/aromatic N) is 1. The molecule has 0 saturated carbocycles. The van der Waals surface area contributed by atoms with Crippen LogP contribution in [0.2, 0.25) is 0 Å². The average molecular weight is 367 g/mol. The minimum absolute atomic E-state index is 0.00601. The number of carbonyl (C=O) groups excluding carboxylic acids is 1. The number of piperidine rings is 1. The van der Waals surface area contributed by atoms with Gasteiger partial charge in [-0.3, -0.25) is 4.79 Å². The maximum absolute atomic E-state index is 12.3. The van der Waals surface area contributed by atoms with Crippen molar-refractivity contribution in [3.05, 3.63) is 29.8 Å².